The number of hydrogen-bond acceptors (Lipinski definition) is 6. The Hall–Kier alpha value is -2.75. The lowest BCUT2D eigenvalue weighted by atomic mass is 10.0. The maximum absolute atomic E-state index is 12.9. The lowest BCUT2D eigenvalue weighted by Crippen LogP contribution is -2.39. The summed E-state index contributed by atoms with van der Waals surface area (Å²) in [6.45, 7) is 3.14. The van der Waals surface area contributed by atoms with E-state index in [-0.39, 0.29) is 6.04 Å². The molecule has 1 atom stereocenters. The molecular formula is C22H21F3N4O2. The molecule has 6 nitrogen and oxygen atoms in total. The van der Waals surface area contributed by atoms with Gasteiger partial charge < -0.3 is 15.2 Å². The lowest BCUT2D eigenvalue weighted by molar-refractivity contribution is -0.137. The Labute approximate surface area is 176 Å². The van der Waals surface area contributed by atoms with Crippen LogP contribution in [0.2, 0.25) is 0 Å². The zero-order valence-corrected chi connectivity index (χ0v) is 16.7. The standard InChI is InChI=1S/C22H21F3N4O2/c23-22(24,25)14-3-1-13(2-4-14)20-12-30-6-5-29(20)9-15-7-16-17-10-31-11-18(17)21(26)28-19(16)8-27-15/h1-4,7-8,20H,5-6,9-12H2,(H2,26,28)/t20-/m1/s1. The second-order valence-electron chi connectivity index (χ2n) is 7.82. The Kier molecular flexibility index (Phi) is 5.04. The highest BCUT2D eigenvalue weighted by Crippen LogP contribution is 2.33. The van der Waals surface area contributed by atoms with Crippen LogP contribution in [-0.4, -0.2) is 34.6 Å². The molecule has 5 rings (SSSR count). The van der Waals surface area contributed by atoms with E-state index in [0.717, 1.165) is 45.4 Å². The third-order valence-corrected chi connectivity index (χ3v) is 5.90. The fourth-order valence-electron chi connectivity index (χ4n) is 4.24. The van der Waals surface area contributed by atoms with E-state index in [4.69, 9.17) is 15.2 Å². The number of anilines is 1. The molecule has 4 heterocycles. The van der Waals surface area contributed by atoms with Crippen LogP contribution in [0, 0.1) is 0 Å². The SMILES string of the molecule is Nc1nc2cnc(CN3CCOC[C@@H]3c3ccc(C(F)(F)F)cc3)cc2c2c1COC2. The minimum Gasteiger partial charge on any atom is -0.383 e. The lowest BCUT2D eigenvalue weighted by Gasteiger charge is -2.35. The first-order valence-electron chi connectivity index (χ1n) is 10.0. The Balaban J connectivity index is 1.42. The van der Waals surface area contributed by atoms with Crippen LogP contribution < -0.4 is 5.73 Å². The first-order valence-corrected chi connectivity index (χ1v) is 10.0. The van der Waals surface area contributed by atoms with Gasteiger partial charge >= 0.3 is 6.18 Å². The highest BCUT2D eigenvalue weighted by atomic mass is 19.4. The molecule has 2 aliphatic rings. The average Bonchev–Trinajstić information content (AvgIpc) is 3.25. The number of fused-ring (bicyclic) bond motifs is 3. The normalized spacial score (nSPS) is 19.6. The number of morpholine rings is 1. The predicted octanol–water partition coefficient (Wildman–Crippen LogP) is 3.83. The van der Waals surface area contributed by atoms with Gasteiger partial charge in [0.05, 0.1) is 55.4 Å². The molecule has 0 bridgehead atoms. The highest BCUT2D eigenvalue weighted by molar-refractivity contribution is 5.85. The van der Waals surface area contributed by atoms with Gasteiger partial charge in [-0.2, -0.15) is 13.2 Å². The number of alkyl halides is 3. The number of nitrogens with two attached hydrogens (primary N) is 1. The number of aromatic nitrogens is 2. The first-order chi connectivity index (χ1) is 14.9. The first kappa shape index (κ1) is 20.2. The molecule has 3 aromatic rings. The van der Waals surface area contributed by atoms with Crippen molar-refractivity contribution in [3.63, 3.8) is 0 Å². The summed E-state index contributed by atoms with van der Waals surface area (Å²) in [4.78, 5) is 11.2. The van der Waals surface area contributed by atoms with Gasteiger partial charge in [0.2, 0.25) is 0 Å². The van der Waals surface area contributed by atoms with E-state index in [0.29, 0.717) is 45.3 Å². The fraction of sp³-hybridized carbons (Fsp3) is 0.364. The van der Waals surface area contributed by atoms with Crippen LogP contribution in [0.15, 0.2) is 36.5 Å². The molecule has 0 amide bonds. The van der Waals surface area contributed by atoms with Crippen LogP contribution in [0.4, 0.5) is 19.0 Å². The Bertz CT molecular complexity index is 1120. The van der Waals surface area contributed by atoms with Gasteiger partial charge in [-0.25, -0.2) is 4.98 Å². The summed E-state index contributed by atoms with van der Waals surface area (Å²) in [7, 11) is 0. The van der Waals surface area contributed by atoms with Crippen molar-refractivity contribution in [2.45, 2.75) is 32.0 Å². The molecule has 0 saturated carbocycles. The van der Waals surface area contributed by atoms with Crippen LogP contribution in [0.3, 0.4) is 0 Å². The minimum absolute atomic E-state index is 0.146. The third kappa shape index (κ3) is 3.84. The molecule has 1 fully saturated rings. The largest absolute Gasteiger partial charge is 0.416 e. The monoisotopic (exact) mass is 430 g/mol. The van der Waals surface area contributed by atoms with Crippen molar-refractivity contribution in [3.05, 3.63) is 64.5 Å². The number of nitrogens with zero attached hydrogens (tertiary/aromatic N) is 3. The third-order valence-electron chi connectivity index (χ3n) is 5.90. The van der Waals surface area contributed by atoms with E-state index in [1.807, 2.05) is 6.07 Å². The van der Waals surface area contributed by atoms with Gasteiger partial charge in [-0.15, -0.1) is 0 Å². The van der Waals surface area contributed by atoms with Crippen molar-refractivity contribution in [1.82, 2.24) is 14.9 Å². The topological polar surface area (TPSA) is 73.5 Å². The van der Waals surface area contributed by atoms with E-state index in [9.17, 15) is 13.2 Å². The molecule has 0 unspecified atom stereocenters. The summed E-state index contributed by atoms with van der Waals surface area (Å²) in [5.41, 5.74) is 9.73. The zero-order valence-electron chi connectivity index (χ0n) is 16.7. The molecule has 1 aromatic carbocycles. The van der Waals surface area contributed by atoms with Crippen LogP contribution in [0.5, 0.6) is 0 Å². The quantitative estimate of drug-likeness (QED) is 0.681. The number of hydrogen-bond donors (Lipinski definition) is 1. The summed E-state index contributed by atoms with van der Waals surface area (Å²) >= 11 is 0. The van der Waals surface area contributed by atoms with Gasteiger partial charge in [0.1, 0.15) is 5.82 Å². The molecular weight excluding hydrogens is 409 g/mol. The van der Waals surface area contributed by atoms with Crippen molar-refractivity contribution in [2.75, 3.05) is 25.5 Å². The van der Waals surface area contributed by atoms with Crippen molar-refractivity contribution < 1.29 is 22.6 Å². The summed E-state index contributed by atoms with van der Waals surface area (Å²) in [5, 5.41) is 0.978. The second kappa shape index (κ2) is 7.74. The summed E-state index contributed by atoms with van der Waals surface area (Å²) in [5.74, 6) is 0.477. The van der Waals surface area contributed by atoms with Gasteiger partial charge in [-0.05, 0) is 29.3 Å². The Morgan fingerprint density at radius 1 is 1.10 bits per heavy atom. The number of nitrogen functional groups attached to an aromatic ring is 1. The number of ether oxygens (including phenoxy) is 2. The van der Waals surface area contributed by atoms with E-state index in [2.05, 4.69) is 14.9 Å². The Morgan fingerprint density at radius 2 is 1.87 bits per heavy atom. The average molecular weight is 430 g/mol. The smallest absolute Gasteiger partial charge is 0.383 e. The van der Waals surface area contributed by atoms with E-state index >= 15 is 0 Å². The minimum atomic E-state index is -4.35. The van der Waals surface area contributed by atoms with E-state index < -0.39 is 11.7 Å². The predicted molar refractivity (Wildman–Crippen MR) is 108 cm³/mol. The molecule has 0 radical (unpaired) electrons. The van der Waals surface area contributed by atoms with Crippen molar-refractivity contribution >= 4 is 16.7 Å². The van der Waals surface area contributed by atoms with Gasteiger partial charge in [0, 0.05) is 24.0 Å². The van der Waals surface area contributed by atoms with Gasteiger partial charge in [0.25, 0.3) is 0 Å². The van der Waals surface area contributed by atoms with Gasteiger partial charge in [0.15, 0.2) is 0 Å². The Morgan fingerprint density at radius 3 is 2.65 bits per heavy atom. The summed E-state index contributed by atoms with van der Waals surface area (Å²) in [6, 6.07) is 7.16. The van der Waals surface area contributed by atoms with Crippen LogP contribution in [0.1, 0.15) is 34.0 Å². The van der Waals surface area contributed by atoms with Crippen molar-refractivity contribution in [3.8, 4) is 0 Å². The van der Waals surface area contributed by atoms with Crippen LogP contribution in [0.25, 0.3) is 10.9 Å². The molecule has 31 heavy (non-hydrogen) atoms. The fourth-order valence-corrected chi connectivity index (χ4v) is 4.24. The highest BCUT2D eigenvalue weighted by Gasteiger charge is 2.31. The number of benzene rings is 1. The second-order valence-corrected chi connectivity index (χ2v) is 7.82. The number of pyridine rings is 2. The van der Waals surface area contributed by atoms with E-state index in [1.165, 1.54) is 12.1 Å². The van der Waals surface area contributed by atoms with Crippen LogP contribution >= 0.6 is 0 Å². The van der Waals surface area contributed by atoms with Crippen molar-refractivity contribution in [2.24, 2.45) is 0 Å². The molecule has 2 N–H and O–H groups in total. The zero-order chi connectivity index (χ0) is 21.6. The maximum Gasteiger partial charge on any atom is 0.416 e. The molecule has 0 aliphatic carbocycles. The van der Waals surface area contributed by atoms with Gasteiger partial charge in [-0.3, -0.25) is 9.88 Å². The van der Waals surface area contributed by atoms with E-state index in [1.54, 1.807) is 6.20 Å². The maximum atomic E-state index is 12.9. The molecule has 1 saturated heterocycles. The van der Waals surface area contributed by atoms with Crippen LogP contribution in [-0.2, 0) is 35.4 Å². The summed E-state index contributed by atoms with van der Waals surface area (Å²) < 4.78 is 49.9. The molecule has 2 aromatic heterocycles. The molecule has 2 aliphatic heterocycles. The number of rotatable bonds is 3. The molecule has 0 spiro atoms. The molecule has 162 valence electrons. The van der Waals surface area contributed by atoms with Gasteiger partial charge in [-0.1, -0.05) is 12.1 Å². The molecule has 9 heteroatoms. The van der Waals surface area contributed by atoms with Crippen molar-refractivity contribution in [1.29, 1.82) is 0 Å². The number of halogens is 3. The summed E-state index contributed by atoms with van der Waals surface area (Å²) in [6.07, 6.45) is -2.63.